The van der Waals surface area contributed by atoms with E-state index in [4.69, 9.17) is 0 Å². The Labute approximate surface area is 87.8 Å². The van der Waals surface area contributed by atoms with Crippen molar-refractivity contribution in [1.82, 2.24) is 10.6 Å². The predicted molar refractivity (Wildman–Crippen MR) is 60.4 cm³/mol. The van der Waals surface area contributed by atoms with Gasteiger partial charge in [0.25, 0.3) is 0 Å². The highest BCUT2D eigenvalue weighted by atomic mass is 15.0. The van der Waals surface area contributed by atoms with Crippen LogP contribution in [0, 0.1) is 5.92 Å². The largest absolute Gasteiger partial charge is 0.315 e. The van der Waals surface area contributed by atoms with Gasteiger partial charge in [0.1, 0.15) is 0 Å². The predicted octanol–water partition coefficient (Wildman–Crippen LogP) is 1.91. The van der Waals surface area contributed by atoms with Gasteiger partial charge in [-0.3, -0.25) is 0 Å². The number of rotatable bonds is 2. The Bertz CT molecular complexity index is 164. The summed E-state index contributed by atoms with van der Waals surface area (Å²) in [5.74, 6) is 0.942. The fourth-order valence-electron chi connectivity index (χ4n) is 2.91. The fraction of sp³-hybridized carbons (Fsp3) is 1.00. The number of hydrogen-bond acceptors (Lipinski definition) is 2. The van der Waals surface area contributed by atoms with Crippen molar-refractivity contribution in [3.8, 4) is 0 Å². The van der Waals surface area contributed by atoms with Crippen molar-refractivity contribution in [2.24, 2.45) is 5.92 Å². The van der Waals surface area contributed by atoms with Crippen LogP contribution in [-0.4, -0.2) is 25.2 Å². The third kappa shape index (κ3) is 2.96. The second kappa shape index (κ2) is 5.13. The van der Waals surface area contributed by atoms with Crippen LogP contribution < -0.4 is 10.6 Å². The molecule has 0 bridgehead atoms. The van der Waals surface area contributed by atoms with E-state index >= 15 is 0 Å². The molecule has 0 amide bonds. The lowest BCUT2D eigenvalue weighted by atomic mass is 9.86. The SMILES string of the molecule is CC1CCCC(NC2CCCNC2)C1. The summed E-state index contributed by atoms with van der Waals surface area (Å²) in [5.41, 5.74) is 0. The molecule has 0 aromatic heterocycles. The van der Waals surface area contributed by atoms with Crippen LogP contribution in [0.2, 0.25) is 0 Å². The summed E-state index contributed by atoms with van der Waals surface area (Å²) in [6, 6.07) is 1.56. The van der Waals surface area contributed by atoms with E-state index in [0.717, 1.165) is 18.0 Å². The Morgan fingerprint density at radius 1 is 1.07 bits per heavy atom. The molecule has 1 aliphatic carbocycles. The van der Waals surface area contributed by atoms with Crippen molar-refractivity contribution < 1.29 is 0 Å². The van der Waals surface area contributed by atoms with Gasteiger partial charge in [-0.15, -0.1) is 0 Å². The standard InChI is InChI=1S/C12H24N2/c1-10-4-2-5-11(8-10)14-12-6-3-7-13-9-12/h10-14H,2-9H2,1H3. The molecular weight excluding hydrogens is 172 g/mol. The molecule has 0 aromatic rings. The van der Waals surface area contributed by atoms with Gasteiger partial charge in [0.05, 0.1) is 0 Å². The second-order valence-corrected chi connectivity index (χ2v) is 5.18. The normalized spacial score (nSPS) is 39.6. The van der Waals surface area contributed by atoms with E-state index in [0.29, 0.717) is 0 Å². The molecule has 1 saturated heterocycles. The van der Waals surface area contributed by atoms with Gasteiger partial charge in [-0.05, 0) is 38.1 Å². The van der Waals surface area contributed by atoms with E-state index in [9.17, 15) is 0 Å². The lowest BCUT2D eigenvalue weighted by Crippen LogP contribution is -2.48. The Morgan fingerprint density at radius 3 is 2.64 bits per heavy atom. The van der Waals surface area contributed by atoms with Crippen LogP contribution in [0.4, 0.5) is 0 Å². The second-order valence-electron chi connectivity index (χ2n) is 5.18. The minimum Gasteiger partial charge on any atom is -0.315 e. The molecule has 2 heteroatoms. The van der Waals surface area contributed by atoms with Gasteiger partial charge in [-0.2, -0.15) is 0 Å². The van der Waals surface area contributed by atoms with Crippen molar-refractivity contribution in [2.75, 3.05) is 13.1 Å². The highest BCUT2D eigenvalue weighted by molar-refractivity contribution is 4.82. The molecule has 1 saturated carbocycles. The van der Waals surface area contributed by atoms with E-state index < -0.39 is 0 Å². The maximum absolute atomic E-state index is 3.83. The van der Waals surface area contributed by atoms with Crippen molar-refractivity contribution >= 4 is 0 Å². The molecule has 2 nitrogen and oxygen atoms in total. The van der Waals surface area contributed by atoms with Crippen LogP contribution in [0.3, 0.4) is 0 Å². The summed E-state index contributed by atoms with van der Waals surface area (Å²) in [7, 11) is 0. The number of piperidine rings is 1. The van der Waals surface area contributed by atoms with Crippen molar-refractivity contribution in [3.05, 3.63) is 0 Å². The van der Waals surface area contributed by atoms with Crippen molar-refractivity contribution in [2.45, 2.75) is 57.5 Å². The molecule has 2 fully saturated rings. The van der Waals surface area contributed by atoms with Crippen LogP contribution in [0.25, 0.3) is 0 Å². The quantitative estimate of drug-likeness (QED) is 0.705. The Kier molecular flexibility index (Phi) is 3.82. The monoisotopic (exact) mass is 196 g/mol. The maximum Gasteiger partial charge on any atom is 0.0195 e. The first kappa shape index (κ1) is 10.4. The average molecular weight is 196 g/mol. The smallest absolute Gasteiger partial charge is 0.0195 e. The minimum absolute atomic E-state index is 0.749. The fourth-order valence-corrected chi connectivity index (χ4v) is 2.91. The third-order valence-corrected chi connectivity index (χ3v) is 3.70. The van der Waals surface area contributed by atoms with Crippen LogP contribution in [-0.2, 0) is 0 Å². The van der Waals surface area contributed by atoms with Gasteiger partial charge in [0, 0.05) is 18.6 Å². The highest BCUT2D eigenvalue weighted by Crippen LogP contribution is 2.24. The molecule has 2 aliphatic rings. The topological polar surface area (TPSA) is 24.1 Å². The molecule has 2 rings (SSSR count). The lowest BCUT2D eigenvalue weighted by molar-refractivity contribution is 0.261. The Morgan fingerprint density at radius 2 is 1.93 bits per heavy atom. The van der Waals surface area contributed by atoms with Gasteiger partial charge in [0.2, 0.25) is 0 Å². The summed E-state index contributed by atoms with van der Waals surface area (Å²) in [4.78, 5) is 0. The van der Waals surface area contributed by atoms with Gasteiger partial charge >= 0.3 is 0 Å². The van der Waals surface area contributed by atoms with E-state index in [-0.39, 0.29) is 0 Å². The molecule has 0 spiro atoms. The summed E-state index contributed by atoms with van der Waals surface area (Å²) in [6.07, 6.45) is 8.40. The van der Waals surface area contributed by atoms with Gasteiger partial charge in [-0.25, -0.2) is 0 Å². The molecule has 14 heavy (non-hydrogen) atoms. The zero-order chi connectivity index (χ0) is 9.80. The van der Waals surface area contributed by atoms with Crippen molar-refractivity contribution in [1.29, 1.82) is 0 Å². The number of hydrogen-bond donors (Lipinski definition) is 2. The third-order valence-electron chi connectivity index (χ3n) is 3.70. The molecule has 3 unspecified atom stereocenters. The molecule has 0 aromatic carbocycles. The van der Waals surface area contributed by atoms with Crippen LogP contribution in [0.1, 0.15) is 45.4 Å². The molecular formula is C12H24N2. The van der Waals surface area contributed by atoms with E-state index in [2.05, 4.69) is 17.6 Å². The van der Waals surface area contributed by atoms with E-state index in [1.165, 1.54) is 51.6 Å². The van der Waals surface area contributed by atoms with Crippen molar-refractivity contribution in [3.63, 3.8) is 0 Å². The van der Waals surface area contributed by atoms with Crippen LogP contribution in [0.15, 0.2) is 0 Å². The minimum atomic E-state index is 0.749. The maximum atomic E-state index is 3.83. The zero-order valence-corrected chi connectivity index (χ0v) is 9.39. The van der Waals surface area contributed by atoms with Crippen LogP contribution in [0.5, 0.6) is 0 Å². The summed E-state index contributed by atoms with van der Waals surface area (Å²) < 4.78 is 0. The van der Waals surface area contributed by atoms with Gasteiger partial charge in [-0.1, -0.05) is 19.8 Å². The first-order valence-corrected chi connectivity index (χ1v) is 6.31. The molecule has 82 valence electrons. The van der Waals surface area contributed by atoms with Crippen LogP contribution >= 0.6 is 0 Å². The first-order valence-electron chi connectivity index (χ1n) is 6.31. The number of nitrogens with one attached hydrogen (secondary N) is 2. The zero-order valence-electron chi connectivity index (χ0n) is 9.39. The molecule has 0 radical (unpaired) electrons. The lowest BCUT2D eigenvalue weighted by Gasteiger charge is -2.33. The first-order chi connectivity index (χ1) is 6.84. The molecule has 3 atom stereocenters. The Balaban J connectivity index is 1.72. The average Bonchev–Trinajstić information content (AvgIpc) is 2.19. The molecule has 1 heterocycles. The van der Waals surface area contributed by atoms with E-state index in [1.54, 1.807) is 0 Å². The highest BCUT2D eigenvalue weighted by Gasteiger charge is 2.22. The summed E-state index contributed by atoms with van der Waals surface area (Å²) in [6.45, 7) is 4.80. The molecule has 2 N–H and O–H groups in total. The Hall–Kier alpha value is -0.0800. The van der Waals surface area contributed by atoms with Gasteiger partial charge < -0.3 is 10.6 Å². The summed E-state index contributed by atoms with van der Waals surface area (Å²) in [5, 5.41) is 7.30. The van der Waals surface area contributed by atoms with E-state index in [1.807, 2.05) is 0 Å². The summed E-state index contributed by atoms with van der Waals surface area (Å²) >= 11 is 0. The molecule has 1 aliphatic heterocycles. The van der Waals surface area contributed by atoms with Gasteiger partial charge in [0.15, 0.2) is 0 Å².